The molecule has 1 heterocycles. The number of carbonyl (C=O) groups is 1. The number of nitriles is 1. The number of nitrogens with zero attached hydrogens (tertiary/aromatic N) is 2. The maximum Gasteiger partial charge on any atom is 0.264 e. The van der Waals surface area contributed by atoms with Crippen molar-refractivity contribution in [1.29, 1.82) is 5.26 Å². The quantitative estimate of drug-likeness (QED) is 0.698. The first-order valence-corrected chi connectivity index (χ1v) is 9.05. The zero-order valence-electron chi connectivity index (χ0n) is 16.2. The lowest BCUT2D eigenvalue weighted by molar-refractivity contribution is 0.0948. The fourth-order valence-electron chi connectivity index (χ4n) is 3.27. The highest BCUT2D eigenvalue weighted by atomic mass is 19.1. The molecule has 1 amide bonds. The van der Waals surface area contributed by atoms with E-state index in [9.17, 15) is 19.2 Å². The van der Waals surface area contributed by atoms with E-state index in [0.717, 1.165) is 0 Å². The topological polar surface area (TPSA) is 84.1 Å². The van der Waals surface area contributed by atoms with Crippen molar-refractivity contribution in [3.8, 4) is 6.07 Å². The van der Waals surface area contributed by atoms with E-state index in [-0.39, 0.29) is 25.3 Å². The minimum absolute atomic E-state index is 0.0229. The average molecular weight is 393 g/mol. The van der Waals surface area contributed by atoms with Crippen LogP contribution in [0.15, 0.2) is 47.3 Å². The summed E-state index contributed by atoms with van der Waals surface area (Å²) in [6.45, 7) is 2.32. The molecule has 1 N–H and O–H groups in total. The third kappa shape index (κ3) is 4.18. The van der Waals surface area contributed by atoms with Crippen molar-refractivity contribution in [3.05, 3.63) is 80.9 Å². The van der Waals surface area contributed by atoms with Gasteiger partial charge < -0.3 is 14.6 Å². The van der Waals surface area contributed by atoms with Crippen molar-refractivity contribution in [2.75, 3.05) is 13.7 Å². The maximum absolute atomic E-state index is 13.3. The number of carbonyl (C=O) groups excluding carboxylic acids is 1. The molecular weight excluding hydrogens is 373 g/mol. The normalized spacial score (nSPS) is 10.7. The molecule has 29 heavy (non-hydrogen) atoms. The molecule has 0 saturated heterocycles. The van der Waals surface area contributed by atoms with E-state index in [1.54, 1.807) is 37.3 Å². The van der Waals surface area contributed by atoms with Crippen LogP contribution in [0.3, 0.4) is 0 Å². The molecular formula is C22H20FN3O3. The van der Waals surface area contributed by atoms with Crippen LogP contribution in [0.25, 0.3) is 10.9 Å². The minimum atomic E-state index is -0.533. The van der Waals surface area contributed by atoms with E-state index in [4.69, 9.17) is 4.74 Å². The van der Waals surface area contributed by atoms with Gasteiger partial charge in [-0.25, -0.2) is 4.39 Å². The maximum atomic E-state index is 13.3. The number of methoxy groups -OCH3 is 1. The third-order valence-electron chi connectivity index (χ3n) is 4.74. The van der Waals surface area contributed by atoms with Crippen molar-refractivity contribution in [2.45, 2.75) is 20.0 Å². The molecule has 3 aromatic rings. The predicted octanol–water partition coefficient (Wildman–Crippen LogP) is 2.90. The lowest BCUT2D eigenvalue weighted by atomic mass is 10.0. The first-order valence-electron chi connectivity index (χ1n) is 9.05. The highest BCUT2D eigenvalue weighted by Gasteiger charge is 2.20. The Morgan fingerprint density at radius 1 is 1.28 bits per heavy atom. The molecule has 0 aliphatic rings. The van der Waals surface area contributed by atoms with Crippen LogP contribution in [0.2, 0.25) is 0 Å². The Hall–Kier alpha value is -3.50. The molecule has 0 aliphatic carbocycles. The lowest BCUT2D eigenvalue weighted by Gasteiger charge is -2.16. The lowest BCUT2D eigenvalue weighted by Crippen LogP contribution is -2.35. The molecule has 3 rings (SSSR count). The molecule has 0 atom stereocenters. The summed E-state index contributed by atoms with van der Waals surface area (Å²) in [5.74, 6) is -0.928. The Kier molecular flexibility index (Phi) is 6.05. The summed E-state index contributed by atoms with van der Waals surface area (Å²) in [5, 5.41) is 12.6. The summed E-state index contributed by atoms with van der Waals surface area (Å²) in [5.41, 5.74) is 1.68. The van der Waals surface area contributed by atoms with E-state index in [2.05, 4.69) is 11.4 Å². The van der Waals surface area contributed by atoms with Gasteiger partial charge in [0.25, 0.3) is 11.5 Å². The van der Waals surface area contributed by atoms with E-state index in [1.807, 2.05) is 0 Å². The van der Waals surface area contributed by atoms with E-state index in [0.29, 0.717) is 27.6 Å². The number of pyridine rings is 1. The van der Waals surface area contributed by atoms with Gasteiger partial charge in [-0.3, -0.25) is 9.59 Å². The van der Waals surface area contributed by atoms with E-state index in [1.165, 1.54) is 23.8 Å². The van der Waals surface area contributed by atoms with Crippen molar-refractivity contribution in [2.24, 2.45) is 0 Å². The van der Waals surface area contributed by atoms with Crippen molar-refractivity contribution < 1.29 is 13.9 Å². The number of rotatable bonds is 6. The number of aromatic nitrogens is 1. The highest BCUT2D eigenvalue weighted by molar-refractivity contribution is 6.00. The van der Waals surface area contributed by atoms with Crippen LogP contribution in [0.5, 0.6) is 0 Å². The number of benzene rings is 2. The monoisotopic (exact) mass is 393 g/mol. The van der Waals surface area contributed by atoms with Crippen LogP contribution >= 0.6 is 0 Å². The highest BCUT2D eigenvalue weighted by Crippen LogP contribution is 2.21. The molecule has 0 radical (unpaired) electrons. The van der Waals surface area contributed by atoms with Gasteiger partial charge in [0, 0.05) is 25.6 Å². The van der Waals surface area contributed by atoms with Gasteiger partial charge in [-0.2, -0.15) is 5.26 Å². The second-order valence-corrected chi connectivity index (χ2v) is 6.61. The van der Waals surface area contributed by atoms with E-state index < -0.39 is 17.3 Å². The average Bonchev–Trinajstić information content (AvgIpc) is 2.72. The number of fused-ring (bicyclic) bond motifs is 1. The van der Waals surface area contributed by atoms with Crippen molar-refractivity contribution in [3.63, 3.8) is 0 Å². The van der Waals surface area contributed by atoms with Crippen LogP contribution in [0.4, 0.5) is 4.39 Å². The molecule has 0 unspecified atom stereocenters. The zero-order chi connectivity index (χ0) is 21.0. The number of nitrogens with one attached hydrogen (secondary N) is 1. The molecule has 1 aromatic heterocycles. The second-order valence-electron chi connectivity index (χ2n) is 6.61. The number of aryl methyl sites for hydroxylation is 1. The van der Waals surface area contributed by atoms with Gasteiger partial charge in [-0.05, 0) is 42.3 Å². The Labute approximate surface area is 167 Å². The first-order chi connectivity index (χ1) is 14.0. The van der Waals surface area contributed by atoms with Gasteiger partial charge in [-0.15, -0.1) is 0 Å². The predicted molar refractivity (Wildman–Crippen MR) is 107 cm³/mol. The summed E-state index contributed by atoms with van der Waals surface area (Å²) >= 11 is 0. The Bertz CT molecular complexity index is 1180. The van der Waals surface area contributed by atoms with Crippen LogP contribution in [0, 0.1) is 24.1 Å². The summed E-state index contributed by atoms with van der Waals surface area (Å²) in [4.78, 5) is 26.0. The molecule has 2 aromatic carbocycles. The number of amides is 1. The van der Waals surface area contributed by atoms with Gasteiger partial charge in [-0.1, -0.05) is 18.2 Å². The zero-order valence-corrected chi connectivity index (χ0v) is 16.2. The van der Waals surface area contributed by atoms with Crippen LogP contribution in [-0.4, -0.2) is 24.2 Å². The minimum Gasteiger partial charge on any atom is -0.383 e. The second kappa shape index (κ2) is 8.67. The molecule has 6 nitrogen and oxygen atoms in total. The summed E-state index contributed by atoms with van der Waals surface area (Å²) in [7, 11) is 1.52. The number of hydrogen-bond donors (Lipinski definition) is 1. The smallest absolute Gasteiger partial charge is 0.264 e. The number of hydrogen-bond acceptors (Lipinski definition) is 4. The molecule has 148 valence electrons. The Morgan fingerprint density at radius 2 is 2.07 bits per heavy atom. The van der Waals surface area contributed by atoms with Crippen LogP contribution < -0.4 is 10.9 Å². The molecule has 0 bridgehead atoms. The van der Waals surface area contributed by atoms with Gasteiger partial charge in [0.05, 0.1) is 23.8 Å². The molecule has 7 heteroatoms. The summed E-state index contributed by atoms with van der Waals surface area (Å²) in [6.07, 6.45) is 0. The largest absolute Gasteiger partial charge is 0.383 e. The van der Waals surface area contributed by atoms with E-state index >= 15 is 0 Å². The Morgan fingerprint density at radius 3 is 2.76 bits per heavy atom. The van der Waals surface area contributed by atoms with Gasteiger partial charge in [0.15, 0.2) is 0 Å². The molecule has 0 fully saturated rings. The van der Waals surface area contributed by atoms with Gasteiger partial charge in [0.2, 0.25) is 0 Å². The van der Waals surface area contributed by atoms with Crippen LogP contribution in [-0.2, 0) is 17.8 Å². The summed E-state index contributed by atoms with van der Waals surface area (Å²) in [6, 6.07) is 13.0. The SMILES string of the molecule is COCCn1c(=O)c(C(=O)NCc2cccc(F)c2)c(C)c2ccc(C#N)cc21. The molecule has 0 saturated carbocycles. The fraction of sp³-hybridized carbons (Fsp3) is 0.227. The first kappa shape index (κ1) is 20.2. The molecule has 0 spiro atoms. The standard InChI is InChI=1S/C22H20FN3O3/c1-14-18-7-6-15(12-24)11-19(18)26(8-9-29-2)22(28)20(14)21(27)25-13-16-4-3-5-17(23)10-16/h3-7,10-11H,8-9,13H2,1-2H3,(H,25,27). The Balaban J connectivity index is 2.05. The fourth-order valence-corrected chi connectivity index (χ4v) is 3.27. The molecule has 0 aliphatic heterocycles. The third-order valence-corrected chi connectivity index (χ3v) is 4.74. The van der Waals surface area contributed by atoms with Crippen molar-refractivity contribution >= 4 is 16.8 Å². The van der Waals surface area contributed by atoms with Crippen LogP contribution in [0.1, 0.15) is 27.0 Å². The number of halogens is 1. The van der Waals surface area contributed by atoms with Crippen molar-refractivity contribution in [1.82, 2.24) is 9.88 Å². The van der Waals surface area contributed by atoms with Gasteiger partial charge in [0.1, 0.15) is 11.4 Å². The summed E-state index contributed by atoms with van der Waals surface area (Å²) < 4.78 is 19.9. The van der Waals surface area contributed by atoms with Gasteiger partial charge >= 0.3 is 0 Å². The number of ether oxygens (including phenoxy) is 1.